The molecule has 3 rings (SSSR count). The lowest BCUT2D eigenvalue weighted by Gasteiger charge is -2.15. The summed E-state index contributed by atoms with van der Waals surface area (Å²) in [5.74, 6) is -0.130. The Morgan fingerprint density at radius 3 is 2.41 bits per heavy atom. The van der Waals surface area contributed by atoms with Gasteiger partial charge in [0.1, 0.15) is 0 Å². The van der Waals surface area contributed by atoms with Gasteiger partial charge in [0.25, 0.3) is 5.91 Å². The van der Waals surface area contributed by atoms with Gasteiger partial charge in [0.2, 0.25) is 10.0 Å². The maximum absolute atomic E-state index is 13.2. The standard InChI is InChI=1S/C22H25N3O3S/c1-14(2)20-13-18(17-8-6-7-9-19(17)23-20)22(26)24-21-12-16(11-10-15(21)3)29(27,28)25(4)5/h6-14H,1-5H3,(H,24,26). The molecule has 6 nitrogen and oxygen atoms in total. The smallest absolute Gasteiger partial charge is 0.256 e. The van der Waals surface area contributed by atoms with Crippen molar-refractivity contribution in [1.82, 2.24) is 9.29 Å². The molecule has 1 amide bonds. The van der Waals surface area contributed by atoms with Crippen LogP contribution in [-0.4, -0.2) is 37.7 Å². The van der Waals surface area contributed by atoms with Crippen molar-refractivity contribution in [2.75, 3.05) is 19.4 Å². The van der Waals surface area contributed by atoms with Crippen LogP contribution in [0.1, 0.15) is 41.4 Å². The monoisotopic (exact) mass is 411 g/mol. The number of fused-ring (bicyclic) bond motifs is 1. The number of sulfonamides is 1. The lowest BCUT2D eigenvalue weighted by Crippen LogP contribution is -2.22. The summed E-state index contributed by atoms with van der Waals surface area (Å²) in [6.45, 7) is 5.88. The van der Waals surface area contributed by atoms with Crippen LogP contribution in [0, 0.1) is 6.92 Å². The first-order chi connectivity index (χ1) is 13.6. The van der Waals surface area contributed by atoms with E-state index in [9.17, 15) is 13.2 Å². The Morgan fingerprint density at radius 2 is 1.76 bits per heavy atom. The third kappa shape index (κ3) is 4.16. The molecule has 0 unspecified atom stereocenters. The van der Waals surface area contributed by atoms with Gasteiger partial charge >= 0.3 is 0 Å². The van der Waals surface area contributed by atoms with Gasteiger partial charge in [-0.05, 0) is 42.7 Å². The molecule has 0 radical (unpaired) electrons. The molecule has 1 aromatic heterocycles. The fraction of sp³-hybridized carbons (Fsp3) is 0.273. The Hall–Kier alpha value is -2.77. The Bertz CT molecular complexity index is 1190. The molecule has 0 aliphatic rings. The number of pyridine rings is 1. The van der Waals surface area contributed by atoms with E-state index in [1.165, 1.54) is 20.2 Å². The Kier molecular flexibility index (Phi) is 5.73. The quantitative estimate of drug-likeness (QED) is 0.683. The zero-order chi connectivity index (χ0) is 21.3. The van der Waals surface area contributed by atoms with E-state index in [2.05, 4.69) is 10.3 Å². The van der Waals surface area contributed by atoms with Crippen molar-refractivity contribution in [3.05, 3.63) is 65.4 Å². The number of aryl methyl sites for hydroxylation is 1. The van der Waals surface area contributed by atoms with Crippen LogP contribution in [0.3, 0.4) is 0 Å². The van der Waals surface area contributed by atoms with Gasteiger partial charge in [-0.25, -0.2) is 12.7 Å². The van der Waals surface area contributed by atoms with Gasteiger partial charge in [-0.1, -0.05) is 38.1 Å². The zero-order valence-corrected chi connectivity index (χ0v) is 18.0. The van der Waals surface area contributed by atoms with Gasteiger partial charge < -0.3 is 5.32 Å². The number of para-hydroxylation sites is 1. The minimum atomic E-state index is -3.60. The second-order valence-corrected chi connectivity index (χ2v) is 9.64. The first-order valence-corrected chi connectivity index (χ1v) is 10.8. The molecular formula is C22H25N3O3S. The fourth-order valence-electron chi connectivity index (χ4n) is 2.98. The van der Waals surface area contributed by atoms with Crippen molar-refractivity contribution < 1.29 is 13.2 Å². The van der Waals surface area contributed by atoms with Gasteiger partial charge in [-0.15, -0.1) is 0 Å². The minimum absolute atomic E-state index is 0.130. The maximum atomic E-state index is 13.2. The van der Waals surface area contributed by atoms with Gasteiger partial charge in [-0.2, -0.15) is 0 Å². The molecule has 0 fully saturated rings. The molecule has 29 heavy (non-hydrogen) atoms. The maximum Gasteiger partial charge on any atom is 0.256 e. The molecule has 0 saturated carbocycles. The van der Waals surface area contributed by atoms with E-state index in [-0.39, 0.29) is 16.7 Å². The molecule has 7 heteroatoms. The Labute approximate surface area is 171 Å². The normalized spacial score (nSPS) is 12.0. The van der Waals surface area contributed by atoms with Crippen molar-refractivity contribution in [3.8, 4) is 0 Å². The number of carbonyl (C=O) groups excluding carboxylic acids is 1. The molecule has 152 valence electrons. The van der Waals surface area contributed by atoms with E-state index < -0.39 is 10.0 Å². The SMILES string of the molecule is Cc1ccc(S(=O)(=O)N(C)C)cc1NC(=O)c1cc(C(C)C)nc2ccccc12. The molecule has 2 aromatic carbocycles. The minimum Gasteiger partial charge on any atom is -0.322 e. The van der Waals surface area contributed by atoms with Crippen LogP contribution in [-0.2, 0) is 10.0 Å². The first-order valence-electron chi connectivity index (χ1n) is 9.35. The third-order valence-corrected chi connectivity index (χ3v) is 6.62. The third-order valence-electron chi connectivity index (χ3n) is 4.81. The summed E-state index contributed by atoms with van der Waals surface area (Å²) in [5.41, 5.74) is 3.34. The zero-order valence-electron chi connectivity index (χ0n) is 17.2. The lowest BCUT2D eigenvalue weighted by molar-refractivity contribution is 0.102. The number of hydrogen-bond acceptors (Lipinski definition) is 4. The van der Waals surface area contributed by atoms with Crippen molar-refractivity contribution in [1.29, 1.82) is 0 Å². The van der Waals surface area contributed by atoms with E-state index in [1.807, 2.05) is 45.0 Å². The highest BCUT2D eigenvalue weighted by Crippen LogP contribution is 2.26. The molecule has 0 aliphatic carbocycles. The molecule has 0 atom stereocenters. The fourth-order valence-corrected chi connectivity index (χ4v) is 3.90. The predicted octanol–water partition coefficient (Wildman–Crippen LogP) is 4.17. The van der Waals surface area contributed by atoms with Gasteiger partial charge in [0.15, 0.2) is 0 Å². The molecule has 0 aliphatic heterocycles. The number of nitrogens with one attached hydrogen (secondary N) is 1. The van der Waals surface area contributed by atoms with Crippen molar-refractivity contribution in [3.63, 3.8) is 0 Å². The summed E-state index contributed by atoms with van der Waals surface area (Å²) in [4.78, 5) is 17.9. The molecule has 0 spiro atoms. The molecule has 1 N–H and O–H groups in total. The number of nitrogens with zero attached hydrogens (tertiary/aromatic N) is 2. The largest absolute Gasteiger partial charge is 0.322 e. The van der Waals surface area contributed by atoms with Crippen LogP contribution >= 0.6 is 0 Å². The average Bonchev–Trinajstić information content (AvgIpc) is 2.68. The summed E-state index contributed by atoms with van der Waals surface area (Å²) in [6.07, 6.45) is 0. The number of amides is 1. The number of hydrogen-bond donors (Lipinski definition) is 1. The van der Waals surface area contributed by atoms with E-state index in [0.29, 0.717) is 11.3 Å². The van der Waals surface area contributed by atoms with Crippen LogP contribution < -0.4 is 5.32 Å². The topological polar surface area (TPSA) is 79.4 Å². The Balaban J connectivity index is 2.06. The van der Waals surface area contributed by atoms with Gasteiger partial charge in [0, 0.05) is 30.9 Å². The molecule has 3 aromatic rings. The van der Waals surface area contributed by atoms with Crippen molar-refractivity contribution >= 4 is 32.5 Å². The molecule has 0 saturated heterocycles. The first kappa shape index (κ1) is 21.0. The Morgan fingerprint density at radius 1 is 1.07 bits per heavy atom. The predicted molar refractivity (Wildman–Crippen MR) is 116 cm³/mol. The van der Waals surface area contributed by atoms with E-state index in [0.717, 1.165) is 26.5 Å². The summed E-state index contributed by atoms with van der Waals surface area (Å²) in [7, 11) is -0.645. The van der Waals surface area contributed by atoms with Crippen LogP contribution in [0.4, 0.5) is 5.69 Å². The van der Waals surface area contributed by atoms with Gasteiger partial charge in [0.05, 0.1) is 16.0 Å². The molecule has 1 heterocycles. The number of anilines is 1. The number of carbonyl (C=O) groups is 1. The molecular weight excluding hydrogens is 386 g/mol. The number of benzene rings is 2. The molecule has 0 bridgehead atoms. The van der Waals surface area contributed by atoms with Crippen molar-refractivity contribution in [2.45, 2.75) is 31.6 Å². The lowest BCUT2D eigenvalue weighted by atomic mass is 10.0. The van der Waals surface area contributed by atoms with Crippen LogP contribution in [0.25, 0.3) is 10.9 Å². The summed E-state index contributed by atoms with van der Waals surface area (Å²) in [6, 6.07) is 14.0. The van der Waals surface area contributed by atoms with E-state index >= 15 is 0 Å². The average molecular weight is 412 g/mol. The van der Waals surface area contributed by atoms with Crippen LogP contribution in [0.15, 0.2) is 53.4 Å². The summed E-state index contributed by atoms with van der Waals surface area (Å²) < 4.78 is 26.0. The number of aromatic nitrogens is 1. The second kappa shape index (κ2) is 7.93. The van der Waals surface area contributed by atoms with Crippen LogP contribution in [0.2, 0.25) is 0 Å². The highest BCUT2D eigenvalue weighted by atomic mass is 32.2. The van der Waals surface area contributed by atoms with Crippen molar-refractivity contribution in [2.24, 2.45) is 0 Å². The van der Waals surface area contributed by atoms with Gasteiger partial charge in [-0.3, -0.25) is 9.78 Å². The summed E-state index contributed by atoms with van der Waals surface area (Å²) in [5, 5.41) is 3.64. The van der Waals surface area contributed by atoms with Crippen LogP contribution in [0.5, 0.6) is 0 Å². The highest BCUT2D eigenvalue weighted by Gasteiger charge is 2.20. The number of rotatable bonds is 5. The summed E-state index contributed by atoms with van der Waals surface area (Å²) >= 11 is 0. The van der Waals surface area contributed by atoms with E-state index in [4.69, 9.17) is 0 Å². The van der Waals surface area contributed by atoms with E-state index in [1.54, 1.807) is 18.2 Å². The second-order valence-electron chi connectivity index (χ2n) is 7.48. The highest BCUT2D eigenvalue weighted by molar-refractivity contribution is 7.89.